The SMILES string of the molecule is CCC(CC)(CNC(=O)NCC(C)N(C)C)C(=O)O. The minimum atomic E-state index is -0.871. The van der Waals surface area contributed by atoms with Crippen LogP contribution in [0.1, 0.15) is 33.6 Å². The van der Waals surface area contributed by atoms with Crippen molar-refractivity contribution in [1.82, 2.24) is 15.5 Å². The largest absolute Gasteiger partial charge is 0.481 e. The molecule has 0 rings (SSSR count). The average molecular weight is 273 g/mol. The molecule has 3 N–H and O–H groups in total. The lowest BCUT2D eigenvalue weighted by atomic mass is 9.82. The highest BCUT2D eigenvalue weighted by Gasteiger charge is 2.35. The van der Waals surface area contributed by atoms with E-state index in [1.54, 1.807) is 0 Å². The third-order valence-corrected chi connectivity index (χ3v) is 3.83. The third-order valence-electron chi connectivity index (χ3n) is 3.83. The molecular weight excluding hydrogens is 246 g/mol. The second kappa shape index (κ2) is 7.99. The van der Waals surface area contributed by atoms with Crippen molar-refractivity contribution in [2.75, 3.05) is 27.2 Å². The van der Waals surface area contributed by atoms with Crippen LogP contribution in [0.5, 0.6) is 0 Å². The predicted molar refractivity (Wildman–Crippen MR) is 75.2 cm³/mol. The molecule has 2 amide bonds. The summed E-state index contributed by atoms with van der Waals surface area (Å²) >= 11 is 0. The fourth-order valence-corrected chi connectivity index (χ4v) is 1.61. The normalized spacial score (nSPS) is 13.2. The zero-order valence-corrected chi connectivity index (χ0v) is 12.6. The highest BCUT2D eigenvalue weighted by molar-refractivity contribution is 5.78. The number of aliphatic carboxylic acids is 1. The molecule has 0 aliphatic carbocycles. The number of hydrogen-bond donors (Lipinski definition) is 3. The van der Waals surface area contributed by atoms with E-state index in [9.17, 15) is 14.7 Å². The molecule has 19 heavy (non-hydrogen) atoms. The van der Waals surface area contributed by atoms with E-state index in [-0.39, 0.29) is 18.6 Å². The van der Waals surface area contributed by atoms with E-state index in [1.807, 2.05) is 39.8 Å². The zero-order valence-electron chi connectivity index (χ0n) is 12.6. The minimum Gasteiger partial charge on any atom is -0.481 e. The standard InChI is InChI=1S/C13H27N3O3/c1-6-13(7-2,11(17)18)9-15-12(19)14-8-10(3)16(4)5/h10H,6-9H2,1-5H3,(H,17,18)(H2,14,15,19). The number of nitrogens with one attached hydrogen (secondary N) is 2. The molecule has 0 heterocycles. The third kappa shape index (κ3) is 5.46. The molecule has 0 aromatic carbocycles. The number of urea groups is 1. The molecule has 0 aromatic rings. The van der Waals surface area contributed by atoms with Crippen molar-refractivity contribution in [3.8, 4) is 0 Å². The Morgan fingerprint density at radius 3 is 2.11 bits per heavy atom. The van der Waals surface area contributed by atoms with Gasteiger partial charge < -0.3 is 20.6 Å². The van der Waals surface area contributed by atoms with Crippen molar-refractivity contribution in [3.63, 3.8) is 0 Å². The molecular formula is C13H27N3O3. The van der Waals surface area contributed by atoms with Crippen LogP contribution in [0.15, 0.2) is 0 Å². The summed E-state index contributed by atoms with van der Waals surface area (Å²) in [7, 11) is 3.88. The van der Waals surface area contributed by atoms with E-state index < -0.39 is 11.4 Å². The number of carbonyl (C=O) groups is 2. The van der Waals surface area contributed by atoms with E-state index in [4.69, 9.17) is 0 Å². The smallest absolute Gasteiger partial charge is 0.314 e. The summed E-state index contributed by atoms with van der Waals surface area (Å²) in [6.07, 6.45) is 0.987. The summed E-state index contributed by atoms with van der Waals surface area (Å²) in [5.41, 5.74) is -0.871. The molecule has 0 spiro atoms. The van der Waals surface area contributed by atoms with Crippen LogP contribution >= 0.6 is 0 Å². The Kier molecular flexibility index (Phi) is 7.44. The second-order valence-corrected chi connectivity index (χ2v) is 5.17. The van der Waals surface area contributed by atoms with Gasteiger partial charge in [0.1, 0.15) is 0 Å². The first-order chi connectivity index (χ1) is 8.79. The number of likely N-dealkylation sites (N-methyl/N-ethyl adjacent to an activating group) is 1. The van der Waals surface area contributed by atoms with Gasteiger partial charge in [-0.3, -0.25) is 4.79 Å². The molecule has 1 atom stereocenters. The zero-order chi connectivity index (χ0) is 15.1. The van der Waals surface area contributed by atoms with Crippen molar-refractivity contribution >= 4 is 12.0 Å². The highest BCUT2D eigenvalue weighted by atomic mass is 16.4. The van der Waals surface area contributed by atoms with E-state index in [1.165, 1.54) is 0 Å². The van der Waals surface area contributed by atoms with Gasteiger partial charge in [-0.25, -0.2) is 4.79 Å². The summed E-state index contributed by atoms with van der Waals surface area (Å²) in [4.78, 5) is 24.9. The van der Waals surface area contributed by atoms with Crippen LogP contribution in [-0.2, 0) is 4.79 Å². The van der Waals surface area contributed by atoms with E-state index in [2.05, 4.69) is 10.6 Å². The maximum absolute atomic E-state index is 11.6. The number of nitrogens with zero attached hydrogens (tertiary/aromatic N) is 1. The number of carboxylic acid groups (broad SMARTS) is 1. The van der Waals surface area contributed by atoms with Gasteiger partial charge in [0.05, 0.1) is 5.41 Å². The summed E-state index contributed by atoms with van der Waals surface area (Å²) in [5, 5.41) is 14.6. The maximum atomic E-state index is 11.6. The Labute approximate surface area is 115 Å². The van der Waals surface area contributed by atoms with E-state index in [0.29, 0.717) is 19.4 Å². The monoisotopic (exact) mass is 273 g/mol. The molecule has 0 saturated heterocycles. The van der Waals surface area contributed by atoms with Gasteiger partial charge in [0.2, 0.25) is 0 Å². The molecule has 6 heteroatoms. The Morgan fingerprint density at radius 1 is 1.21 bits per heavy atom. The molecule has 0 aliphatic rings. The fourth-order valence-electron chi connectivity index (χ4n) is 1.61. The van der Waals surface area contributed by atoms with Crippen molar-refractivity contribution in [3.05, 3.63) is 0 Å². The number of carboxylic acids is 1. The van der Waals surface area contributed by atoms with Gasteiger partial charge in [-0.05, 0) is 33.9 Å². The average Bonchev–Trinajstić information content (AvgIpc) is 2.37. The summed E-state index contributed by atoms with van der Waals surface area (Å²) in [6.45, 7) is 6.32. The number of hydrogen-bond acceptors (Lipinski definition) is 3. The second-order valence-electron chi connectivity index (χ2n) is 5.17. The van der Waals surface area contributed by atoms with Crippen LogP contribution in [-0.4, -0.2) is 55.2 Å². The lowest BCUT2D eigenvalue weighted by Gasteiger charge is -2.27. The van der Waals surface area contributed by atoms with Gasteiger partial charge in [0.15, 0.2) is 0 Å². The van der Waals surface area contributed by atoms with Crippen LogP contribution in [0.3, 0.4) is 0 Å². The molecule has 0 aliphatic heterocycles. The number of carbonyl (C=O) groups excluding carboxylic acids is 1. The van der Waals surface area contributed by atoms with Crippen LogP contribution in [0.2, 0.25) is 0 Å². The van der Waals surface area contributed by atoms with E-state index in [0.717, 1.165) is 0 Å². The van der Waals surface area contributed by atoms with Crippen molar-refractivity contribution in [1.29, 1.82) is 0 Å². The lowest BCUT2D eigenvalue weighted by Crippen LogP contribution is -2.48. The van der Waals surface area contributed by atoms with Crippen LogP contribution in [0.4, 0.5) is 4.79 Å². The quantitative estimate of drug-likeness (QED) is 0.619. The molecule has 6 nitrogen and oxygen atoms in total. The lowest BCUT2D eigenvalue weighted by molar-refractivity contribution is -0.149. The van der Waals surface area contributed by atoms with Crippen molar-refractivity contribution in [2.24, 2.45) is 5.41 Å². The topological polar surface area (TPSA) is 81.7 Å². The number of rotatable bonds is 8. The first-order valence-electron chi connectivity index (χ1n) is 6.70. The maximum Gasteiger partial charge on any atom is 0.314 e. The molecule has 0 fully saturated rings. The minimum absolute atomic E-state index is 0.150. The van der Waals surface area contributed by atoms with Crippen molar-refractivity contribution in [2.45, 2.75) is 39.7 Å². The van der Waals surface area contributed by atoms with Crippen LogP contribution in [0, 0.1) is 5.41 Å². The van der Waals surface area contributed by atoms with Crippen LogP contribution < -0.4 is 10.6 Å². The Bertz CT molecular complexity index is 302. The molecule has 1 unspecified atom stereocenters. The first-order valence-corrected chi connectivity index (χ1v) is 6.70. The van der Waals surface area contributed by atoms with E-state index >= 15 is 0 Å². The summed E-state index contributed by atoms with van der Waals surface area (Å²) in [6, 6.07) is -0.0893. The molecule has 0 saturated carbocycles. The van der Waals surface area contributed by atoms with Crippen LogP contribution in [0.25, 0.3) is 0 Å². The van der Waals surface area contributed by atoms with Gasteiger partial charge in [-0.15, -0.1) is 0 Å². The molecule has 0 radical (unpaired) electrons. The Morgan fingerprint density at radius 2 is 1.74 bits per heavy atom. The Hall–Kier alpha value is -1.30. The summed E-state index contributed by atoms with van der Waals surface area (Å²) < 4.78 is 0. The predicted octanol–water partition coefficient (Wildman–Crippen LogP) is 1.13. The fraction of sp³-hybridized carbons (Fsp3) is 0.846. The van der Waals surface area contributed by atoms with Gasteiger partial charge >= 0.3 is 12.0 Å². The van der Waals surface area contributed by atoms with Gasteiger partial charge in [-0.2, -0.15) is 0 Å². The van der Waals surface area contributed by atoms with Gasteiger partial charge in [0, 0.05) is 19.1 Å². The summed E-state index contributed by atoms with van der Waals surface area (Å²) in [5.74, 6) is -0.862. The highest BCUT2D eigenvalue weighted by Crippen LogP contribution is 2.25. The molecule has 0 aromatic heterocycles. The Balaban J connectivity index is 4.24. The van der Waals surface area contributed by atoms with Gasteiger partial charge in [0.25, 0.3) is 0 Å². The van der Waals surface area contributed by atoms with Gasteiger partial charge in [-0.1, -0.05) is 13.8 Å². The molecule has 0 bridgehead atoms. The van der Waals surface area contributed by atoms with Crippen molar-refractivity contribution < 1.29 is 14.7 Å². The molecule has 112 valence electrons. The number of amides is 2. The first kappa shape index (κ1) is 17.7.